The summed E-state index contributed by atoms with van der Waals surface area (Å²) in [6.07, 6.45) is 1.83. The third kappa shape index (κ3) is 3.03. The first-order valence-electron chi connectivity index (χ1n) is 6.24. The molecule has 1 N–H and O–H groups in total. The highest BCUT2D eigenvalue weighted by molar-refractivity contribution is 7.16. The van der Waals surface area contributed by atoms with Gasteiger partial charge in [0, 0.05) is 27.7 Å². The zero-order chi connectivity index (χ0) is 13.9. The monoisotopic (exact) mass is 320 g/mol. The first-order valence-corrected chi connectivity index (χ1v) is 8.31. The summed E-state index contributed by atoms with van der Waals surface area (Å²) in [5, 5.41) is 6.52. The summed E-state index contributed by atoms with van der Waals surface area (Å²) in [4.78, 5) is 5.55. The number of rotatable bonds is 4. The average molecular weight is 321 g/mol. The van der Waals surface area contributed by atoms with Gasteiger partial charge in [-0.3, -0.25) is 0 Å². The number of hydrogen-bond donors (Lipinski definition) is 1. The lowest BCUT2D eigenvalue weighted by Gasteiger charge is -2.13. The summed E-state index contributed by atoms with van der Waals surface area (Å²) in [7, 11) is 0. The van der Waals surface area contributed by atoms with Gasteiger partial charge >= 0.3 is 0 Å². The molecule has 0 saturated carbocycles. The maximum atomic E-state index is 5.97. The van der Waals surface area contributed by atoms with Crippen molar-refractivity contribution in [2.45, 2.75) is 13.0 Å². The van der Waals surface area contributed by atoms with E-state index in [-0.39, 0.29) is 6.04 Å². The van der Waals surface area contributed by atoms with Crippen LogP contribution in [0.2, 0.25) is 4.34 Å². The Kier molecular flexibility index (Phi) is 4.05. The van der Waals surface area contributed by atoms with E-state index in [1.165, 1.54) is 4.88 Å². The molecule has 0 aliphatic heterocycles. The van der Waals surface area contributed by atoms with Crippen LogP contribution in [0.1, 0.15) is 17.8 Å². The van der Waals surface area contributed by atoms with Crippen molar-refractivity contribution in [2.24, 2.45) is 0 Å². The Morgan fingerprint density at radius 1 is 1.15 bits per heavy atom. The van der Waals surface area contributed by atoms with Crippen LogP contribution in [0.5, 0.6) is 0 Å². The SMILES string of the molecule is CC(Nc1ccc(-c2nccs2)cc1)c1ccc(Cl)s1. The van der Waals surface area contributed by atoms with Crippen LogP contribution in [-0.2, 0) is 0 Å². The van der Waals surface area contributed by atoms with Crippen molar-refractivity contribution in [3.05, 3.63) is 57.2 Å². The molecule has 0 fully saturated rings. The second-order valence-corrected chi connectivity index (χ2v) is 7.06. The molecule has 1 unspecified atom stereocenters. The van der Waals surface area contributed by atoms with E-state index in [9.17, 15) is 0 Å². The molecule has 3 aromatic rings. The molecule has 0 bridgehead atoms. The first kappa shape index (κ1) is 13.6. The smallest absolute Gasteiger partial charge is 0.123 e. The van der Waals surface area contributed by atoms with Gasteiger partial charge in [-0.15, -0.1) is 22.7 Å². The van der Waals surface area contributed by atoms with Gasteiger partial charge in [0.05, 0.1) is 10.4 Å². The Hall–Kier alpha value is -1.36. The number of nitrogens with one attached hydrogen (secondary N) is 1. The van der Waals surface area contributed by atoms with Gasteiger partial charge in [-0.05, 0) is 43.3 Å². The molecule has 3 rings (SSSR count). The van der Waals surface area contributed by atoms with E-state index < -0.39 is 0 Å². The van der Waals surface area contributed by atoms with Crippen LogP contribution < -0.4 is 5.32 Å². The normalized spacial score (nSPS) is 12.3. The zero-order valence-electron chi connectivity index (χ0n) is 10.8. The van der Waals surface area contributed by atoms with Crippen molar-refractivity contribution in [3.63, 3.8) is 0 Å². The molecule has 1 atom stereocenters. The highest BCUT2D eigenvalue weighted by Crippen LogP contribution is 2.30. The summed E-state index contributed by atoms with van der Waals surface area (Å²) in [5.41, 5.74) is 2.25. The minimum absolute atomic E-state index is 0.248. The van der Waals surface area contributed by atoms with Gasteiger partial charge in [0.1, 0.15) is 5.01 Å². The van der Waals surface area contributed by atoms with Crippen LogP contribution in [0.15, 0.2) is 48.0 Å². The average Bonchev–Trinajstić information content (AvgIpc) is 3.10. The third-order valence-corrected chi connectivity index (χ3v) is 5.20. The Balaban J connectivity index is 1.72. The lowest BCUT2D eigenvalue weighted by atomic mass is 10.2. The molecule has 0 aliphatic carbocycles. The van der Waals surface area contributed by atoms with Gasteiger partial charge < -0.3 is 5.32 Å². The van der Waals surface area contributed by atoms with E-state index in [2.05, 4.69) is 47.6 Å². The second-order valence-electron chi connectivity index (χ2n) is 4.42. The summed E-state index contributed by atoms with van der Waals surface area (Å²) in [6, 6.07) is 12.6. The molecule has 0 saturated heterocycles. The number of benzene rings is 1. The topological polar surface area (TPSA) is 24.9 Å². The molecular formula is C15H13ClN2S2. The summed E-state index contributed by atoms with van der Waals surface area (Å²) in [5.74, 6) is 0. The van der Waals surface area contributed by atoms with Gasteiger partial charge in [0.15, 0.2) is 0 Å². The number of thiazole rings is 1. The number of aromatic nitrogens is 1. The zero-order valence-corrected chi connectivity index (χ0v) is 13.2. The quantitative estimate of drug-likeness (QED) is 0.667. The number of thiophene rings is 1. The van der Waals surface area contributed by atoms with Crippen LogP contribution in [0.4, 0.5) is 5.69 Å². The molecule has 0 spiro atoms. The predicted molar refractivity (Wildman–Crippen MR) is 88.9 cm³/mol. The highest BCUT2D eigenvalue weighted by Gasteiger charge is 2.08. The maximum Gasteiger partial charge on any atom is 0.123 e. The molecule has 2 nitrogen and oxygen atoms in total. The van der Waals surface area contributed by atoms with Crippen molar-refractivity contribution in [3.8, 4) is 10.6 Å². The molecule has 0 aliphatic rings. The van der Waals surface area contributed by atoms with Crippen molar-refractivity contribution >= 4 is 40.0 Å². The number of halogens is 1. The van der Waals surface area contributed by atoms with Crippen LogP contribution in [0, 0.1) is 0 Å². The summed E-state index contributed by atoms with van der Waals surface area (Å²) < 4.78 is 0.827. The number of hydrogen-bond acceptors (Lipinski definition) is 4. The van der Waals surface area contributed by atoms with Gasteiger partial charge in [-0.2, -0.15) is 0 Å². The Morgan fingerprint density at radius 2 is 1.95 bits per heavy atom. The van der Waals surface area contributed by atoms with E-state index in [1.807, 2.05) is 17.6 Å². The lowest BCUT2D eigenvalue weighted by Crippen LogP contribution is -2.04. The van der Waals surface area contributed by atoms with Crippen LogP contribution >= 0.6 is 34.3 Å². The van der Waals surface area contributed by atoms with Gasteiger partial charge in [-0.25, -0.2) is 4.98 Å². The van der Waals surface area contributed by atoms with E-state index in [1.54, 1.807) is 22.7 Å². The number of nitrogens with zero attached hydrogens (tertiary/aromatic N) is 1. The molecule has 102 valence electrons. The fraction of sp³-hybridized carbons (Fsp3) is 0.133. The molecular weight excluding hydrogens is 308 g/mol. The van der Waals surface area contributed by atoms with E-state index >= 15 is 0 Å². The molecule has 0 amide bonds. The van der Waals surface area contributed by atoms with E-state index in [4.69, 9.17) is 11.6 Å². The fourth-order valence-electron chi connectivity index (χ4n) is 1.96. The standard InChI is InChI=1S/C15H13ClN2S2/c1-10(13-6-7-14(16)20-13)18-12-4-2-11(3-5-12)15-17-8-9-19-15/h2-10,18H,1H3. The summed E-state index contributed by atoms with van der Waals surface area (Å²) >= 11 is 9.23. The number of anilines is 1. The molecule has 1 aromatic carbocycles. The first-order chi connectivity index (χ1) is 9.72. The van der Waals surface area contributed by atoms with Gasteiger partial charge in [0.25, 0.3) is 0 Å². The van der Waals surface area contributed by atoms with Crippen LogP contribution in [-0.4, -0.2) is 4.98 Å². The van der Waals surface area contributed by atoms with E-state index in [0.29, 0.717) is 0 Å². The lowest BCUT2D eigenvalue weighted by molar-refractivity contribution is 0.908. The Bertz CT molecular complexity index is 674. The Labute approximate surface area is 131 Å². The molecule has 2 aromatic heterocycles. The third-order valence-electron chi connectivity index (χ3n) is 2.97. The largest absolute Gasteiger partial charge is 0.378 e. The molecule has 5 heteroatoms. The molecule has 0 radical (unpaired) electrons. The highest BCUT2D eigenvalue weighted by atomic mass is 35.5. The van der Waals surface area contributed by atoms with Crippen molar-refractivity contribution in [2.75, 3.05) is 5.32 Å². The fourth-order valence-corrected chi connectivity index (χ4v) is 3.66. The van der Waals surface area contributed by atoms with Crippen molar-refractivity contribution in [1.82, 2.24) is 4.98 Å². The van der Waals surface area contributed by atoms with Gasteiger partial charge in [0.2, 0.25) is 0 Å². The van der Waals surface area contributed by atoms with Gasteiger partial charge in [-0.1, -0.05) is 11.6 Å². The van der Waals surface area contributed by atoms with Crippen LogP contribution in [0.3, 0.4) is 0 Å². The minimum Gasteiger partial charge on any atom is -0.378 e. The maximum absolute atomic E-state index is 5.97. The van der Waals surface area contributed by atoms with Crippen LogP contribution in [0.25, 0.3) is 10.6 Å². The minimum atomic E-state index is 0.248. The second kappa shape index (κ2) is 5.95. The molecule has 20 heavy (non-hydrogen) atoms. The van der Waals surface area contributed by atoms with Crippen molar-refractivity contribution < 1.29 is 0 Å². The molecule has 2 heterocycles. The van der Waals surface area contributed by atoms with Crippen molar-refractivity contribution in [1.29, 1.82) is 0 Å². The summed E-state index contributed by atoms with van der Waals surface area (Å²) in [6.45, 7) is 2.14. The van der Waals surface area contributed by atoms with E-state index in [0.717, 1.165) is 20.6 Å². The predicted octanol–water partition coefficient (Wildman–Crippen LogP) is 5.70. The Morgan fingerprint density at radius 3 is 2.55 bits per heavy atom.